The molecule has 2 atom stereocenters. The second kappa shape index (κ2) is 6.83. The van der Waals surface area contributed by atoms with Gasteiger partial charge in [-0.05, 0) is 50.9 Å². The summed E-state index contributed by atoms with van der Waals surface area (Å²) in [6.07, 6.45) is 3.99. The predicted molar refractivity (Wildman–Crippen MR) is 94.5 cm³/mol. The van der Waals surface area contributed by atoms with Crippen LogP contribution in [0.3, 0.4) is 0 Å². The van der Waals surface area contributed by atoms with Crippen LogP contribution in [0.25, 0.3) is 0 Å². The number of rotatable bonds is 4. The number of carboxylic acids is 1. The van der Waals surface area contributed by atoms with E-state index >= 15 is 0 Å². The van der Waals surface area contributed by atoms with Gasteiger partial charge in [0.15, 0.2) is 0 Å². The van der Waals surface area contributed by atoms with Crippen LogP contribution in [-0.4, -0.2) is 39.9 Å². The third-order valence-electron chi connectivity index (χ3n) is 4.82. The van der Waals surface area contributed by atoms with Crippen molar-refractivity contribution in [2.75, 3.05) is 13.1 Å². The summed E-state index contributed by atoms with van der Waals surface area (Å²) in [4.78, 5) is 13.9. The molecule has 1 aromatic carbocycles. The lowest BCUT2D eigenvalue weighted by Gasteiger charge is -2.26. The molecular formula is C18H26N2O2S. The minimum Gasteiger partial charge on any atom is -0.480 e. The number of nitrogens with one attached hydrogen (secondary N) is 1. The number of hydrogen-bond acceptors (Lipinski definition) is 4. The van der Waals surface area contributed by atoms with Gasteiger partial charge in [0, 0.05) is 11.3 Å². The van der Waals surface area contributed by atoms with Crippen molar-refractivity contribution in [3.63, 3.8) is 0 Å². The standard InChI is InChI=1S/C18H26N2O2S/c1-18(2)15(17(21)22)19-16(23-18)14-8-6-13(7-9-14)12-20-10-4-3-5-11-20/h6-9,15-16,19H,3-5,10-12H2,1-2H3,(H,21,22). The van der Waals surface area contributed by atoms with E-state index in [0.717, 1.165) is 12.1 Å². The fourth-order valence-corrected chi connectivity index (χ4v) is 4.87. The van der Waals surface area contributed by atoms with Crippen LogP contribution in [0.15, 0.2) is 24.3 Å². The van der Waals surface area contributed by atoms with E-state index in [1.165, 1.54) is 37.9 Å². The molecule has 2 aliphatic heterocycles. The molecule has 5 heteroatoms. The molecule has 0 amide bonds. The summed E-state index contributed by atoms with van der Waals surface area (Å²) in [5.41, 5.74) is 2.50. The Morgan fingerprint density at radius 1 is 1.26 bits per heavy atom. The Bertz CT molecular complexity index is 553. The van der Waals surface area contributed by atoms with E-state index < -0.39 is 12.0 Å². The van der Waals surface area contributed by atoms with Crippen LogP contribution in [-0.2, 0) is 11.3 Å². The van der Waals surface area contributed by atoms with E-state index in [0.29, 0.717) is 0 Å². The molecule has 0 radical (unpaired) electrons. The summed E-state index contributed by atoms with van der Waals surface area (Å²) in [5.74, 6) is -0.772. The Morgan fingerprint density at radius 3 is 2.48 bits per heavy atom. The molecule has 126 valence electrons. The number of thioether (sulfide) groups is 1. The molecule has 2 N–H and O–H groups in total. The van der Waals surface area contributed by atoms with Crippen LogP contribution in [0.2, 0.25) is 0 Å². The van der Waals surface area contributed by atoms with Gasteiger partial charge in [0.1, 0.15) is 6.04 Å². The molecule has 0 aliphatic carbocycles. The van der Waals surface area contributed by atoms with Crippen LogP contribution in [0, 0.1) is 0 Å². The van der Waals surface area contributed by atoms with Gasteiger partial charge in [-0.1, -0.05) is 30.7 Å². The lowest BCUT2D eigenvalue weighted by atomic mass is 10.0. The van der Waals surface area contributed by atoms with E-state index in [1.807, 2.05) is 13.8 Å². The SMILES string of the molecule is CC1(C)SC(c2ccc(CN3CCCCC3)cc2)NC1C(=O)O. The lowest BCUT2D eigenvalue weighted by Crippen LogP contribution is -2.43. The first-order chi connectivity index (χ1) is 11.0. The number of piperidine rings is 1. The number of hydrogen-bond donors (Lipinski definition) is 2. The highest BCUT2D eigenvalue weighted by Crippen LogP contribution is 2.45. The van der Waals surface area contributed by atoms with Crippen molar-refractivity contribution in [2.45, 2.75) is 55.8 Å². The minimum atomic E-state index is -0.772. The van der Waals surface area contributed by atoms with Crippen molar-refractivity contribution >= 4 is 17.7 Å². The third kappa shape index (κ3) is 3.90. The zero-order chi connectivity index (χ0) is 16.4. The van der Waals surface area contributed by atoms with Crippen molar-refractivity contribution < 1.29 is 9.90 Å². The highest BCUT2D eigenvalue weighted by atomic mass is 32.2. The minimum absolute atomic E-state index is 0.0511. The van der Waals surface area contributed by atoms with Crippen molar-refractivity contribution in [3.8, 4) is 0 Å². The molecule has 2 saturated heterocycles. The molecule has 0 bridgehead atoms. The maximum atomic E-state index is 11.4. The van der Waals surface area contributed by atoms with Gasteiger partial charge >= 0.3 is 5.97 Å². The molecule has 0 spiro atoms. The molecule has 23 heavy (non-hydrogen) atoms. The van der Waals surface area contributed by atoms with Crippen LogP contribution >= 0.6 is 11.8 Å². The average Bonchev–Trinajstić information content (AvgIpc) is 2.85. The van der Waals surface area contributed by atoms with Gasteiger partial charge < -0.3 is 5.11 Å². The number of benzene rings is 1. The van der Waals surface area contributed by atoms with Gasteiger partial charge in [-0.3, -0.25) is 15.0 Å². The molecule has 4 nitrogen and oxygen atoms in total. The van der Waals surface area contributed by atoms with Crippen molar-refractivity contribution in [3.05, 3.63) is 35.4 Å². The predicted octanol–water partition coefficient (Wildman–Crippen LogP) is 3.24. The van der Waals surface area contributed by atoms with Crippen LogP contribution in [0.4, 0.5) is 0 Å². The summed E-state index contributed by atoms with van der Waals surface area (Å²) < 4.78 is -0.303. The van der Waals surface area contributed by atoms with Crippen LogP contribution in [0.5, 0.6) is 0 Å². The maximum Gasteiger partial charge on any atom is 0.322 e. The van der Waals surface area contributed by atoms with Gasteiger partial charge in [0.2, 0.25) is 0 Å². The van der Waals surface area contributed by atoms with Gasteiger partial charge in [0.05, 0.1) is 5.37 Å². The van der Waals surface area contributed by atoms with E-state index in [-0.39, 0.29) is 10.1 Å². The molecule has 2 fully saturated rings. The van der Waals surface area contributed by atoms with Crippen molar-refractivity contribution in [1.82, 2.24) is 10.2 Å². The van der Waals surface area contributed by atoms with E-state index in [4.69, 9.17) is 0 Å². The zero-order valence-electron chi connectivity index (χ0n) is 13.9. The van der Waals surface area contributed by atoms with Crippen LogP contribution in [0.1, 0.15) is 49.6 Å². The highest BCUT2D eigenvalue weighted by Gasteiger charge is 2.45. The second-order valence-corrected chi connectivity index (χ2v) is 8.88. The Balaban J connectivity index is 1.64. The second-order valence-electron chi connectivity index (χ2n) is 7.12. The number of nitrogens with zero attached hydrogens (tertiary/aromatic N) is 1. The highest BCUT2D eigenvalue weighted by molar-refractivity contribution is 8.01. The summed E-state index contributed by atoms with van der Waals surface area (Å²) in [6.45, 7) is 7.42. The van der Waals surface area contributed by atoms with Gasteiger partial charge in [0.25, 0.3) is 0 Å². The normalized spacial score (nSPS) is 27.9. The van der Waals surface area contributed by atoms with Gasteiger partial charge in [-0.25, -0.2) is 0 Å². The monoisotopic (exact) mass is 334 g/mol. The smallest absolute Gasteiger partial charge is 0.322 e. The number of carbonyl (C=O) groups is 1. The topological polar surface area (TPSA) is 52.6 Å². The largest absolute Gasteiger partial charge is 0.480 e. The molecule has 1 aromatic rings. The first kappa shape index (κ1) is 16.8. The van der Waals surface area contributed by atoms with E-state index in [1.54, 1.807) is 11.8 Å². The first-order valence-corrected chi connectivity index (χ1v) is 9.31. The van der Waals surface area contributed by atoms with Gasteiger partial charge in [-0.2, -0.15) is 0 Å². The number of carboxylic acid groups (broad SMARTS) is 1. The Labute approximate surface area is 142 Å². The van der Waals surface area contributed by atoms with Crippen LogP contribution < -0.4 is 5.32 Å². The first-order valence-electron chi connectivity index (χ1n) is 8.43. The van der Waals surface area contributed by atoms with E-state index in [2.05, 4.69) is 34.5 Å². The third-order valence-corrected chi connectivity index (χ3v) is 6.31. The average molecular weight is 334 g/mol. The zero-order valence-corrected chi connectivity index (χ0v) is 14.7. The molecule has 2 unspecified atom stereocenters. The fourth-order valence-electron chi connectivity index (χ4n) is 3.46. The lowest BCUT2D eigenvalue weighted by molar-refractivity contribution is -0.139. The van der Waals surface area contributed by atoms with Gasteiger partial charge in [-0.15, -0.1) is 11.8 Å². The fraction of sp³-hybridized carbons (Fsp3) is 0.611. The quantitative estimate of drug-likeness (QED) is 0.885. The van der Waals surface area contributed by atoms with Crippen molar-refractivity contribution in [2.24, 2.45) is 0 Å². The summed E-state index contributed by atoms with van der Waals surface area (Å²) in [7, 11) is 0. The molecule has 3 rings (SSSR count). The van der Waals surface area contributed by atoms with Crippen molar-refractivity contribution in [1.29, 1.82) is 0 Å². The summed E-state index contributed by atoms with van der Waals surface area (Å²) in [5, 5.41) is 12.7. The molecular weight excluding hydrogens is 308 g/mol. The Morgan fingerprint density at radius 2 is 1.91 bits per heavy atom. The Hall–Kier alpha value is -1.04. The number of aliphatic carboxylic acids is 1. The summed E-state index contributed by atoms with van der Waals surface area (Å²) >= 11 is 1.70. The summed E-state index contributed by atoms with van der Waals surface area (Å²) in [6, 6.07) is 8.15. The molecule has 2 heterocycles. The molecule has 0 saturated carbocycles. The molecule has 0 aromatic heterocycles. The Kier molecular flexibility index (Phi) is 4.99. The van der Waals surface area contributed by atoms with E-state index in [9.17, 15) is 9.90 Å². The number of likely N-dealkylation sites (tertiary alicyclic amines) is 1. The molecule has 2 aliphatic rings. The maximum absolute atomic E-state index is 11.4.